The van der Waals surface area contributed by atoms with E-state index in [1.54, 1.807) is 4.90 Å². The molecular weight excluding hydrogens is 446 g/mol. The first kappa shape index (κ1) is 22.7. The van der Waals surface area contributed by atoms with Crippen LogP contribution in [0.2, 0.25) is 0 Å². The molecular formula is C23H27N3O4S2. The van der Waals surface area contributed by atoms with Crippen molar-refractivity contribution in [2.75, 3.05) is 24.3 Å². The van der Waals surface area contributed by atoms with E-state index in [2.05, 4.69) is 0 Å². The van der Waals surface area contributed by atoms with Gasteiger partial charge in [-0.25, -0.2) is 13.4 Å². The van der Waals surface area contributed by atoms with Crippen LogP contribution in [0.4, 0.5) is 5.13 Å². The lowest BCUT2D eigenvalue weighted by Crippen LogP contribution is -2.52. The molecule has 1 atom stereocenters. The molecule has 1 saturated heterocycles. The molecule has 0 radical (unpaired) electrons. The number of carbonyl (C=O) groups excluding carboxylic acids is 1. The average molecular weight is 474 g/mol. The van der Waals surface area contributed by atoms with Gasteiger partial charge in [0, 0.05) is 6.54 Å². The molecule has 1 aliphatic heterocycles. The van der Waals surface area contributed by atoms with Crippen molar-refractivity contribution in [1.29, 1.82) is 0 Å². The fraction of sp³-hybridized carbons (Fsp3) is 0.391. The fourth-order valence-corrected chi connectivity index (χ4v) is 6.14. The number of fused-ring (bicyclic) bond motifs is 1. The number of piperidine rings is 1. The van der Waals surface area contributed by atoms with Gasteiger partial charge in [-0.05, 0) is 37.5 Å². The number of hydrogen-bond acceptors (Lipinski definition) is 6. The summed E-state index contributed by atoms with van der Waals surface area (Å²) < 4.78 is 32.8. The van der Waals surface area contributed by atoms with Crippen LogP contribution < -0.4 is 9.64 Å². The molecule has 2 heterocycles. The fourth-order valence-electron chi connectivity index (χ4n) is 4.03. The van der Waals surface area contributed by atoms with E-state index in [4.69, 9.17) is 9.72 Å². The lowest BCUT2D eigenvalue weighted by molar-refractivity contribution is -0.123. The van der Waals surface area contributed by atoms with Crippen molar-refractivity contribution in [3.63, 3.8) is 0 Å². The minimum atomic E-state index is -3.50. The number of amides is 1. The first-order valence-electron chi connectivity index (χ1n) is 10.7. The largest absolute Gasteiger partial charge is 0.492 e. The highest BCUT2D eigenvalue weighted by Gasteiger charge is 2.38. The summed E-state index contributed by atoms with van der Waals surface area (Å²) in [5.41, 5.74) is 1.66. The number of para-hydroxylation sites is 1. The van der Waals surface area contributed by atoms with Crippen molar-refractivity contribution < 1.29 is 17.9 Å². The summed E-state index contributed by atoms with van der Waals surface area (Å²) >= 11 is 1.41. The molecule has 0 N–H and O–H groups in total. The van der Waals surface area contributed by atoms with E-state index in [1.807, 2.05) is 55.5 Å². The van der Waals surface area contributed by atoms with Crippen LogP contribution in [0.25, 0.3) is 10.2 Å². The summed E-state index contributed by atoms with van der Waals surface area (Å²) in [6.07, 6.45) is 3.25. The van der Waals surface area contributed by atoms with Crippen LogP contribution in [-0.4, -0.2) is 49.1 Å². The number of carbonyl (C=O) groups is 1. The molecule has 0 bridgehead atoms. The summed E-state index contributed by atoms with van der Waals surface area (Å²) in [4.78, 5) is 20.2. The molecule has 0 saturated carbocycles. The Labute approximate surface area is 192 Å². The Hall–Kier alpha value is -2.49. The summed E-state index contributed by atoms with van der Waals surface area (Å²) in [5, 5.41) is 0.542. The first-order valence-corrected chi connectivity index (χ1v) is 13.4. The third-order valence-electron chi connectivity index (χ3n) is 5.52. The number of rotatable bonds is 7. The van der Waals surface area contributed by atoms with E-state index in [0.717, 1.165) is 23.1 Å². The molecule has 1 unspecified atom stereocenters. The van der Waals surface area contributed by atoms with Crippen molar-refractivity contribution in [1.82, 2.24) is 9.29 Å². The first-order chi connectivity index (χ1) is 15.4. The van der Waals surface area contributed by atoms with Gasteiger partial charge in [-0.2, -0.15) is 4.31 Å². The van der Waals surface area contributed by atoms with Gasteiger partial charge in [-0.15, -0.1) is 0 Å². The summed E-state index contributed by atoms with van der Waals surface area (Å²) in [6.45, 7) is 3.12. The molecule has 1 amide bonds. The maximum atomic E-state index is 13.8. The lowest BCUT2D eigenvalue weighted by atomic mass is 10.0. The monoisotopic (exact) mass is 473 g/mol. The topological polar surface area (TPSA) is 79.8 Å². The van der Waals surface area contributed by atoms with E-state index in [-0.39, 0.29) is 5.91 Å². The second-order valence-corrected chi connectivity index (χ2v) is 10.8. The van der Waals surface area contributed by atoms with Crippen LogP contribution in [0.3, 0.4) is 0 Å². The number of anilines is 1. The standard InChI is InChI=1S/C23H27N3O4S2/c1-3-30-19-13-9-14-20-21(19)24-23(31-20)25(16-17-10-5-4-6-11-17)22(27)18-12-7-8-15-26(18)32(2,28)29/h4-6,9-11,13-14,18H,3,7-8,12,15-16H2,1-2H3. The van der Waals surface area contributed by atoms with E-state index in [1.165, 1.54) is 21.9 Å². The molecule has 0 aliphatic carbocycles. The van der Waals surface area contributed by atoms with Gasteiger partial charge >= 0.3 is 0 Å². The van der Waals surface area contributed by atoms with Gasteiger partial charge in [-0.1, -0.05) is 54.2 Å². The van der Waals surface area contributed by atoms with Crippen LogP contribution in [0.1, 0.15) is 31.7 Å². The predicted octanol–water partition coefficient (Wildman–Crippen LogP) is 4.04. The lowest BCUT2D eigenvalue weighted by Gasteiger charge is -2.35. The Morgan fingerprint density at radius 3 is 2.69 bits per heavy atom. The molecule has 32 heavy (non-hydrogen) atoms. The van der Waals surface area contributed by atoms with Gasteiger partial charge in [-0.3, -0.25) is 9.69 Å². The number of ether oxygens (including phenoxy) is 1. The van der Waals surface area contributed by atoms with Crippen molar-refractivity contribution in [3.05, 3.63) is 54.1 Å². The van der Waals surface area contributed by atoms with Crippen LogP contribution in [0.15, 0.2) is 48.5 Å². The zero-order chi connectivity index (χ0) is 22.7. The van der Waals surface area contributed by atoms with Crippen molar-refractivity contribution in [2.45, 2.75) is 38.8 Å². The molecule has 170 valence electrons. The minimum Gasteiger partial charge on any atom is -0.492 e. The normalized spacial score (nSPS) is 17.4. The van der Waals surface area contributed by atoms with Crippen LogP contribution in [0.5, 0.6) is 5.75 Å². The summed E-state index contributed by atoms with van der Waals surface area (Å²) in [5.74, 6) is 0.436. The van der Waals surface area contributed by atoms with Crippen molar-refractivity contribution >= 4 is 42.6 Å². The molecule has 7 nitrogen and oxygen atoms in total. The third-order valence-corrected chi connectivity index (χ3v) is 7.85. The molecule has 0 spiro atoms. The minimum absolute atomic E-state index is 0.240. The maximum absolute atomic E-state index is 13.8. The Kier molecular flexibility index (Phi) is 6.78. The Balaban J connectivity index is 1.76. The number of nitrogens with zero attached hydrogens (tertiary/aromatic N) is 3. The number of sulfonamides is 1. The quantitative estimate of drug-likeness (QED) is 0.517. The Morgan fingerprint density at radius 2 is 1.97 bits per heavy atom. The zero-order valence-electron chi connectivity index (χ0n) is 18.2. The third kappa shape index (κ3) is 4.79. The van der Waals surface area contributed by atoms with E-state index in [0.29, 0.717) is 42.5 Å². The van der Waals surface area contributed by atoms with E-state index >= 15 is 0 Å². The number of benzene rings is 2. The van der Waals surface area contributed by atoms with E-state index < -0.39 is 16.1 Å². The van der Waals surface area contributed by atoms with Crippen LogP contribution in [-0.2, 0) is 21.4 Å². The van der Waals surface area contributed by atoms with Crippen molar-refractivity contribution in [3.8, 4) is 5.75 Å². The van der Waals surface area contributed by atoms with Gasteiger partial charge in [0.05, 0.1) is 24.1 Å². The molecule has 1 aliphatic rings. The smallest absolute Gasteiger partial charge is 0.247 e. The van der Waals surface area contributed by atoms with Gasteiger partial charge in [0.15, 0.2) is 5.13 Å². The SMILES string of the molecule is CCOc1cccc2sc(N(Cc3ccccc3)C(=O)C3CCCCN3S(C)(=O)=O)nc12. The van der Waals surface area contributed by atoms with Gasteiger partial charge in [0.1, 0.15) is 17.3 Å². The second-order valence-electron chi connectivity index (χ2n) is 7.83. The summed E-state index contributed by atoms with van der Waals surface area (Å²) in [6, 6.07) is 14.7. The maximum Gasteiger partial charge on any atom is 0.247 e. The van der Waals surface area contributed by atoms with Crippen LogP contribution >= 0.6 is 11.3 Å². The van der Waals surface area contributed by atoms with Gasteiger partial charge < -0.3 is 4.74 Å². The second kappa shape index (κ2) is 9.56. The number of thiazole rings is 1. The van der Waals surface area contributed by atoms with Crippen LogP contribution in [0, 0.1) is 0 Å². The van der Waals surface area contributed by atoms with Gasteiger partial charge in [0.25, 0.3) is 0 Å². The molecule has 3 aromatic rings. The molecule has 4 rings (SSSR count). The predicted molar refractivity (Wildman–Crippen MR) is 128 cm³/mol. The number of hydrogen-bond donors (Lipinski definition) is 0. The average Bonchev–Trinajstić information content (AvgIpc) is 3.22. The molecule has 9 heteroatoms. The highest BCUT2D eigenvalue weighted by molar-refractivity contribution is 7.88. The van der Waals surface area contributed by atoms with Crippen molar-refractivity contribution in [2.24, 2.45) is 0 Å². The molecule has 2 aromatic carbocycles. The highest BCUT2D eigenvalue weighted by Crippen LogP contribution is 2.36. The Morgan fingerprint density at radius 1 is 1.19 bits per heavy atom. The molecule has 1 fully saturated rings. The Bertz CT molecular complexity index is 1190. The summed E-state index contributed by atoms with van der Waals surface area (Å²) in [7, 11) is -3.50. The zero-order valence-corrected chi connectivity index (χ0v) is 19.9. The van der Waals surface area contributed by atoms with Gasteiger partial charge in [0.2, 0.25) is 15.9 Å². The highest BCUT2D eigenvalue weighted by atomic mass is 32.2. The molecule has 1 aromatic heterocycles. The van der Waals surface area contributed by atoms with E-state index in [9.17, 15) is 13.2 Å². The number of aromatic nitrogens is 1.